The third kappa shape index (κ3) is 3.58. The van der Waals surface area contributed by atoms with Gasteiger partial charge in [0.15, 0.2) is 0 Å². The zero-order chi connectivity index (χ0) is 13.9. The van der Waals surface area contributed by atoms with Gasteiger partial charge in [-0.15, -0.1) is 0 Å². The minimum absolute atomic E-state index is 0.396. The molecule has 0 radical (unpaired) electrons. The van der Waals surface area contributed by atoms with Gasteiger partial charge in [0.05, 0.1) is 7.11 Å². The number of halogens is 1. The van der Waals surface area contributed by atoms with Crippen LogP contribution in [0.2, 0.25) is 0 Å². The lowest BCUT2D eigenvalue weighted by atomic mass is 9.86. The highest BCUT2D eigenvalue weighted by Gasteiger charge is 2.21. The lowest BCUT2D eigenvalue weighted by molar-refractivity contribution is 0.413. The molecule has 1 atom stereocenters. The summed E-state index contributed by atoms with van der Waals surface area (Å²) >= 11 is 3.44. The largest absolute Gasteiger partial charge is 0.497 e. The topological polar surface area (TPSA) is 35.2 Å². The van der Waals surface area contributed by atoms with E-state index in [1.807, 2.05) is 30.3 Å². The monoisotopic (exact) mass is 319 g/mol. The van der Waals surface area contributed by atoms with Crippen molar-refractivity contribution in [2.24, 2.45) is 5.73 Å². The first-order valence-electron chi connectivity index (χ1n) is 6.19. The highest BCUT2D eigenvalue weighted by atomic mass is 79.9. The summed E-state index contributed by atoms with van der Waals surface area (Å²) in [6, 6.07) is 16.2. The van der Waals surface area contributed by atoms with Gasteiger partial charge in [-0.3, -0.25) is 0 Å². The third-order valence-corrected chi connectivity index (χ3v) is 3.74. The first-order valence-corrected chi connectivity index (χ1v) is 6.98. The highest BCUT2D eigenvalue weighted by molar-refractivity contribution is 9.10. The van der Waals surface area contributed by atoms with Gasteiger partial charge >= 0.3 is 0 Å². The summed E-state index contributed by atoms with van der Waals surface area (Å²) in [6.45, 7) is 2.05. The molecule has 100 valence electrons. The summed E-state index contributed by atoms with van der Waals surface area (Å²) in [4.78, 5) is 0. The molecule has 0 saturated heterocycles. The predicted octanol–water partition coefficient (Wildman–Crippen LogP) is 3.87. The van der Waals surface area contributed by atoms with Crippen LogP contribution in [0.3, 0.4) is 0 Å². The van der Waals surface area contributed by atoms with Crippen molar-refractivity contribution in [1.82, 2.24) is 0 Å². The first-order chi connectivity index (χ1) is 9.01. The molecule has 2 rings (SSSR count). The predicted molar refractivity (Wildman–Crippen MR) is 82.4 cm³/mol. The molecule has 3 heteroatoms. The second kappa shape index (κ2) is 5.76. The van der Waals surface area contributed by atoms with Gasteiger partial charge < -0.3 is 10.5 Å². The van der Waals surface area contributed by atoms with E-state index >= 15 is 0 Å². The average molecular weight is 320 g/mol. The molecule has 2 aromatic carbocycles. The van der Waals surface area contributed by atoms with Crippen LogP contribution in [-0.4, -0.2) is 7.11 Å². The lowest BCUT2D eigenvalue weighted by Crippen LogP contribution is -2.35. The second-order valence-corrected chi connectivity index (χ2v) is 5.87. The van der Waals surface area contributed by atoms with Crippen molar-refractivity contribution >= 4 is 15.9 Å². The summed E-state index contributed by atoms with van der Waals surface area (Å²) in [7, 11) is 1.68. The molecule has 0 fully saturated rings. The lowest BCUT2D eigenvalue weighted by Gasteiger charge is -2.25. The van der Waals surface area contributed by atoms with Crippen molar-refractivity contribution in [3.8, 4) is 5.75 Å². The Kier molecular flexibility index (Phi) is 4.27. The molecule has 2 nitrogen and oxygen atoms in total. The molecule has 0 spiro atoms. The van der Waals surface area contributed by atoms with Gasteiger partial charge in [0.25, 0.3) is 0 Å². The summed E-state index contributed by atoms with van der Waals surface area (Å²) in [6.07, 6.45) is 0.770. The standard InChI is InChI=1S/C16H18BrNO/c1-16(18,13-6-8-14(17)9-7-13)11-12-4-3-5-15(10-12)19-2/h3-10H,11,18H2,1-2H3. The zero-order valence-electron chi connectivity index (χ0n) is 11.2. The van der Waals surface area contributed by atoms with Gasteiger partial charge in [-0.2, -0.15) is 0 Å². The number of methoxy groups -OCH3 is 1. The fraction of sp³-hybridized carbons (Fsp3) is 0.250. The van der Waals surface area contributed by atoms with Crippen LogP contribution in [0, 0.1) is 0 Å². The Bertz CT molecular complexity index is 549. The highest BCUT2D eigenvalue weighted by Crippen LogP contribution is 2.25. The number of hydrogen-bond acceptors (Lipinski definition) is 2. The number of benzene rings is 2. The summed E-state index contributed by atoms with van der Waals surface area (Å²) in [5.74, 6) is 0.865. The van der Waals surface area contributed by atoms with E-state index in [1.165, 1.54) is 5.56 Å². The fourth-order valence-electron chi connectivity index (χ4n) is 2.14. The molecule has 0 amide bonds. The molecule has 0 aromatic heterocycles. The molecule has 2 aromatic rings. The van der Waals surface area contributed by atoms with E-state index in [4.69, 9.17) is 10.5 Å². The van der Waals surface area contributed by atoms with Crippen molar-refractivity contribution in [2.75, 3.05) is 7.11 Å². The van der Waals surface area contributed by atoms with Crippen molar-refractivity contribution < 1.29 is 4.74 Å². The molecular formula is C16H18BrNO. The van der Waals surface area contributed by atoms with Crippen molar-refractivity contribution in [1.29, 1.82) is 0 Å². The Morgan fingerprint density at radius 3 is 2.47 bits per heavy atom. The Hall–Kier alpha value is -1.32. The molecule has 1 unspecified atom stereocenters. The minimum atomic E-state index is -0.396. The number of rotatable bonds is 4. The molecular weight excluding hydrogens is 302 g/mol. The van der Waals surface area contributed by atoms with Crippen LogP contribution in [0.15, 0.2) is 53.0 Å². The van der Waals surface area contributed by atoms with Crippen molar-refractivity contribution in [2.45, 2.75) is 18.9 Å². The Balaban J connectivity index is 2.22. The van der Waals surface area contributed by atoms with Crippen LogP contribution in [0.1, 0.15) is 18.1 Å². The number of nitrogens with two attached hydrogens (primary N) is 1. The van der Waals surface area contributed by atoms with E-state index in [-0.39, 0.29) is 0 Å². The van der Waals surface area contributed by atoms with Crippen molar-refractivity contribution in [3.63, 3.8) is 0 Å². The summed E-state index contributed by atoms with van der Waals surface area (Å²) in [5, 5.41) is 0. The molecule has 0 bridgehead atoms. The summed E-state index contributed by atoms with van der Waals surface area (Å²) < 4.78 is 6.31. The molecule has 19 heavy (non-hydrogen) atoms. The number of ether oxygens (including phenoxy) is 1. The van der Waals surface area contributed by atoms with E-state index in [0.29, 0.717) is 0 Å². The molecule has 0 aliphatic carbocycles. The van der Waals surface area contributed by atoms with E-state index in [9.17, 15) is 0 Å². The molecule has 0 saturated carbocycles. The SMILES string of the molecule is COc1cccc(CC(C)(N)c2ccc(Br)cc2)c1. The van der Waals surface area contributed by atoms with Crippen LogP contribution in [-0.2, 0) is 12.0 Å². The molecule has 2 N–H and O–H groups in total. The van der Waals surface area contributed by atoms with Gasteiger partial charge in [-0.05, 0) is 48.7 Å². The average Bonchev–Trinajstić information content (AvgIpc) is 2.39. The third-order valence-electron chi connectivity index (χ3n) is 3.21. The minimum Gasteiger partial charge on any atom is -0.497 e. The normalized spacial score (nSPS) is 13.9. The van der Waals surface area contributed by atoms with Crippen LogP contribution in [0.25, 0.3) is 0 Å². The zero-order valence-corrected chi connectivity index (χ0v) is 12.8. The quantitative estimate of drug-likeness (QED) is 0.928. The molecule has 0 aliphatic heterocycles. The van der Waals surface area contributed by atoms with Gasteiger partial charge in [0.2, 0.25) is 0 Å². The first kappa shape index (κ1) is 14.1. The van der Waals surface area contributed by atoms with E-state index in [1.54, 1.807) is 7.11 Å². The van der Waals surface area contributed by atoms with Gasteiger partial charge in [-0.1, -0.05) is 40.2 Å². The van der Waals surface area contributed by atoms with E-state index < -0.39 is 5.54 Å². The Labute approximate surface area is 122 Å². The van der Waals surface area contributed by atoms with Gasteiger partial charge in [0, 0.05) is 10.0 Å². The van der Waals surface area contributed by atoms with Crippen LogP contribution in [0.5, 0.6) is 5.75 Å². The summed E-state index contributed by atoms with van der Waals surface area (Å²) in [5.41, 5.74) is 8.36. The van der Waals surface area contributed by atoms with E-state index in [0.717, 1.165) is 22.2 Å². The van der Waals surface area contributed by atoms with Gasteiger partial charge in [-0.25, -0.2) is 0 Å². The van der Waals surface area contributed by atoms with Crippen LogP contribution >= 0.6 is 15.9 Å². The van der Waals surface area contributed by atoms with Crippen LogP contribution < -0.4 is 10.5 Å². The Morgan fingerprint density at radius 2 is 1.84 bits per heavy atom. The fourth-order valence-corrected chi connectivity index (χ4v) is 2.40. The number of hydrogen-bond donors (Lipinski definition) is 1. The smallest absolute Gasteiger partial charge is 0.119 e. The Morgan fingerprint density at radius 1 is 1.16 bits per heavy atom. The second-order valence-electron chi connectivity index (χ2n) is 4.95. The maximum atomic E-state index is 6.46. The van der Waals surface area contributed by atoms with E-state index in [2.05, 4.69) is 41.1 Å². The maximum Gasteiger partial charge on any atom is 0.119 e. The van der Waals surface area contributed by atoms with Crippen molar-refractivity contribution in [3.05, 3.63) is 64.1 Å². The van der Waals surface area contributed by atoms with Crippen LogP contribution in [0.4, 0.5) is 0 Å². The molecule has 0 aliphatic rings. The molecule has 0 heterocycles. The van der Waals surface area contributed by atoms with Gasteiger partial charge in [0.1, 0.15) is 5.75 Å². The maximum absolute atomic E-state index is 6.46.